The lowest BCUT2D eigenvalue weighted by Crippen LogP contribution is -2.34. The molecule has 0 radical (unpaired) electrons. The van der Waals surface area contributed by atoms with E-state index < -0.39 is 0 Å². The molecule has 22 heavy (non-hydrogen) atoms. The van der Waals surface area contributed by atoms with Crippen LogP contribution in [0, 0.1) is 5.92 Å². The van der Waals surface area contributed by atoms with Gasteiger partial charge in [-0.2, -0.15) is 15.0 Å². The molecule has 0 amide bonds. The number of benzene rings is 1. The second kappa shape index (κ2) is 7.73. The van der Waals surface area contributed by atoms with Crippen LogP contribution in [0.15, 0.2) is 24.3 Å². The molecule has 1 aromatic carbocycles. The minimum Gasteiger partial charge on any atom is -0.303 e. The monoisotopic (exact) mass is 300 g/mol. The van der Waals surface area contributed by atoms with Gasteiger partial charge in [-0.15, -0.1) is 0 Å². The fraction of sp³-hybridized carbons (Fsp3) is 0.667. The number of aryl methyl sites for hydroxylation is 1. The molecule has 2 aromatic rings. The van der Waals surface area contributed by atoms with E-state index in [1.807, 2.05) is 29.1 Å². The zero-order chi connectivity index (χ0) is 15.2. The fourth-order valence-electron chi connectivity index (χ4n) is 3.43. The van der Waals surface area contributed by atoms with Gasteiger partial charge in [-0.05, 0) is 56.9 Å². The van der Waals surface area contributed by atoms with E-state index >= 15 is 0 Å². The van der Waals surface area contributed by atoms with Gasteiger partial charge in [-0.1, -0.05) is 38.3 Å². The van der Waals surface area contributed by atoms with Crippen molar-refractivity contribution in [1.82, 2.24) is 19.9 Å². The number of likely N-dealkylation sites (tertiary alicyclic amines) is 1. The fourth-order valence-corrected chi connectivity index (χ4v) is 3.43. The summed E-state index contributed by atoms with van der Waals surface area (Å²) in [6.45, 7) is 6.95. The van der Waals surface area contributed by atoms with Crippen molar-refractivity contribution in [3.8, 4) is 0 Å². The summed E-state index contributed by atoms with van der Waals surface area (Å²) in [7, 11) is 0. The Balaban J connectivity index is 1.38. The quantitative estimate of drug-likeness (QED) is 0.781. The average Bonchev–Trinajstić information content (AvgIpc) is 2.97. The van der Waals surface area contributed by atoms with Gasteiger partial charge in [0.05, 0.1) is 6.54 Å². The Morgan fingerprint density at radius 2 is 1.68 bits per heavy atom. The molecule has 1 aliphatic rings. The van der Waals surface area contributed by atoms with Crippen LogP contribution >= 0.6 is 0 Å². The van der Waals surface area contributed by atoms with Crippen LogP contribution in [0.5, 0.6) is 0 Å². The van der Waals surface area contributed by atoms with Gasteiger partial charge in [-0.3, -0.25) is 0 Å². The molecule has 0 aliphatic carbocycles. The van der Waals surface area contributed by atoms with Gasteiger partial charge in [0.1, 0.15) is 11.0 Å². The maximum atomic E-state index is 4.53. The summed E-state index contributed by atoms with van der Waals surface area (Å²) < 4.78 is 0. The van der Waals surface area contributed by atoms with Crippen LogP contribution in [-0.4, -0.2) is 39.5 Å². The van der Waals surface area contributed by atoms with Crippen molar-refractivity contribution >= 4 is 11.0 Å². The third-order valence-corrected chi connectivity index (χ3v) is 4.83. The Morgan fingerprint density at radius 3 is 2.32 bits per heavy atom. The first-order chi connectivity index (χ1) is 10.8. The van der Waals surface area contributed by atoms with E-state index in [-0.39, 0.29) is 0 Å². The lowest BCUT2D eigenvalue weighted by atomic mass is 9.91. The molecule has 1 fully saturated rings. The average molecular weight is 300 g/mol. The van der Waals surface area contributed by atoms with Crippen molar-refractivity contribution in [2.75, 3.05) is 19.6 Å². The number of unbranched alkanes of at least 4 members (excludes halogenated alkanes) is 1. The summed E-state index contributed by atoms with van der Waals surface area (Å²) in [6.07, 6.45) is 8.11. The normalized spacial score (nSPS) is 17.3. The number of piperidine rings is 1. The SMILES string of the molecule is CCCCC1CCN(CCCn2nc3ccccc3n2)CC1. The first kappa shape index (κ1) is 15.5. The van der Waals surface area contributed by atoms with Crippen LogP contribution in [0.1, 0.15) is 45.4 Å². The van der Waals surface area contributed by atoms with E-state index in [0.29, 0.717) is 0 Å². The van der Waals surface area contributed by atoms with Crippen molar-refractivity contribution in [3.05, 3.63) is 24.3 Å². The lowest BCUT2D eigenvalue weighted by molar-refractivity contribution is 0.172. The molecule has 0 bridgehead atoms. The molecule has 2 heterocycles. The predicted octanol–water partition coefficient (Wildman–Crippen LogP) is 3.72. The van der Waals surface area contributed by atoms with E-state index in [1.165, 1.54) is 51.7 Å². The number of nitrogens with zero attached hydrogens (tertiary/aromatic N) is 4. The summed E-state index contributed by atoms with van der Waals surface area (Å²) in [5, 5.41) is 9.06. The highest BCUT2D eigenvalue weighted by molar-refractivity contribution is 5.72. The number of hydrogen-bond acceptors (Lipinski definition) is 3. The zero-order valence-corrected chi connectivity index (χ0v) is 13.7. The second-order valence-corrected chi connectivity index (χ2v) is 6.57. The highest BCUT2D eigenvalue weighted by Crippen LogP contribution is 2.22. The molecule has 120 valence electrons. The molecule has 0 atom stereocenters. The summed E-state index contributed by atoms with van der Waals surface area (Å²) in [5.41, 5.74) is 2.00. The smallest absolute Gasteiger partial charge is 0.113 e. The predicted molar refractivity (Wildman–Crippen MR) is 90.8 cm³/mol. The van der Waals surface area contributed by atoms with Crippen molar-refractivity contribution in [2.24, 2.45) is 5.92 Å². The van der Waals surface area contributed by atoms with E-state index in [4.69, 9.17) is 0 Å². The topological polar surface area (TPSA) is 34.0 Å². The molecule has 1 saturated heterocycles. The molecule has 1 aromatic heterocycles. The standard InChI is InChI=1S/C18H28N4/c1-2-3-7-16-10-14-21(15-11-16)12-6-13-22-19-17-8-4-5-9-18(17)20-22/h4-5,8-9,16H,2-3,6-7,10-15H2,1H3. The summed E-state index contributed by atoms with van der Waals surface area (Å²) in [4.78, 5) is 4.48. The van der Waals surface area contributed by atoms with E-state index in [0.717, 1.165) is 29.9 Å². The molecule has 4 nitrogen and oxygen atoms in total. The number of fused-ring (bicyclic) bond motifs is 1. The third-order valence-electron chi connectivity index (χ3n) is 4.83. The Kier molecular flexibility index (Phi) is 5.43. The van der Waals surface area contributed by atoms with Gasteiger partial charge in [0.2, 0.25) is 0 Å². The van der Waals surface area contributed by atoms with E-state index in [2.05, 4.69) is 22.0 Å². The molecule has 0 N–H and O–H groups in total. The van der Waals surface area contributed by atoms with Gasteiger partial charge >= 0.3 is 0 Å². The first-order valence-electron chi connectivity index (χ1n) is 8.87. The zero-order valence-electron chi connectivity index (χ0n) is 13.7. The van der Waals surface area contributed by atoms with Crippen molar-refractivity contribution in [1.29, 1.82) is 0 Å². The van der Waals surface area contributed by atoms with Crippen LogP contribution in [-0.2, 0) is 6.54 Å². The summed E-state index contributed by atoms with van der Waals surface area (Å²) in [5.74, 6) is 0.981. The van der Waals surface area contributed by atoms with Crippen LogP contribution in [0.4, 0.5) is 0 Å². The third kappa shape index (κ3) is 4.07. The maximum absolute atomic E-state index is 4.53. The molecule has 4 heteroatoms. The van der Waals surface area contributed by atoms with E-state index in [9.17, 15) is 0 Å². The molecule has 0 saturated carbocycles. The van der Waals surface area contributed by atoms with Crippen LogP contribution in [0.2, 0.25) is 0 Å². The van der Waals surface area contributed by atoms with E-state index in [1.54, 1.807) is 0 Å². The molecule has 0 spiro atoms. The minimum absolute atomic E-state index is 0.921. The van der Waals surface area contributed by atoms with Gasteiger partial charge in [0.15, 0.2) is 0 Å². The Labute approximate surface area is 133 Å². The molecule has 3 rings (SSSR count). The largest absolute Gasteiger partial charge is 0.303 e. The number of hydrogen-bond donors (Lipinski definition) is 0. The van der Waals surface area contributed by atoms with Gasteiger partial charge in [-0.25, -0.2) is 0 Å². The maximum Gasteiger partial charge on any atom is 0.113 e. The van der Waals surface area contributed by atoms with Crippen LogP contribution in [0.3, 0.4) is 0 Å². The molecular formula is C18H28N4. The van der Waals surface area contributed by atoms with Crippen LogP contribution < -0.4 is 0 Å². The van der Waals surface area contributed by atoms with Gasteiger partial charge in [0.25, 0.3) is 0 Å². The Morgan fingerprint density at radius 1 is 1.00 bits per heavy atom. The Bertz CT molecular complexity index is 536. The Hall–Kier alpha value is -1.42. The first-order valence-corrected chi connectivity index (χ1v) is 8.87. The molecule has 1 aliphatic heterocycles. The number of rotatable bonds is 7. The lowest BCUT2D eigenvalue weighted by Gasteiger charge is -2.31. The highest BCUT2D eigenvalue weighted by Gasteiger charge is 2.18. The van der Waals surface area contributed by atoms with Gasteiger partial charge in [0, 0.05) is 0 Å². The van der Waals surface area contributed by atoms with Crippen LogP contribution in [0.25, 0.3) is 11.0 Å². The van der Waals surface area contributed by atoms with Crippen molar-refractivity contribution in [2.45, 2.75) is 52.0 Å². The van der Waals surface area contributed by atoms with Crippen molar-refractivity contribution < 1.29 is 0 Å². The second-order valence-electron chi connectivity index (χ2n) is 6.57. The van der Waals surface area contributed by atoms with Gasteiger partial charge < -0.3 is 4.90 Å². The summed E-state index contributed by atoms with van der Waals surface area (Å²) >= 11 is 0. The highest BCUT2D eigenvalue weighted by atomic mass is 15.5. The molecular weight excluding hydrogens is 272 g/mol. The molecule has 0 unspecified atom stereocenters. The van der Waals surface area contributed by atoms with Crippen molar-refractivity contribution in [3.63, 3.8) is 0 Å². The summed E-state index contributed by atoms with van der Waals surface area (Å²) in [6, 6.07) is 8.09. The minimum atomic E-state index is 0.921. The number of aromatic nitrogens is 3.